The molecule has 36 heavy (non-hydrogen) atoms. The normalized spacial score (nSPS) is 20.9. The van der Waals surface area contributed by atoms with Crippen LogP contribution in [-0.4, -0.2) is 47.8 Å². The van der Waals surface area contributed by atoms with Gasteiger partial charge in [0.2, 0.25) is 11.8 Å². The Morgan fingerprint density at radius 3 is 2.47 bits per heavy atom. The van der Waals surface area contributed by atoms with Crippen molar-refractivity contribution in [3.63, 3.8) is 0 Å². The lowest BCUT2D eigenvalue weighted by Gasteiger charge is -2.38. The molecule has 3 aliphatic rings. The van der Waals surface area contributed by atoms with Crippen LogP contribution >= 0.6 is 27.5 Å². The Kier molecular flexibility index (Phi) is 8.04. The van der Waals surface area contributed by atoms with Crippen LogP contribution in [0.4, 0.5) is 0 Å². The minimum atomic E-state index is -0.198. The Hall–Kier alpha value is -1.89. The Morgan fingerprint density at radius 2 is 1.81 bits per heavy atom. The second-order valence-corrected chi connectivity index (χ2v) is 12.1. The number of carbonyl (C=O) groups excluding carboxylic acids is 2. The minimum absolute atomic E-state index is 0.0396. The van der Waals surface area contributed by atoms with Crippen LogP contribution in [0.5, 0.6) is 0 Å². The first-order valence-corrected chi connectivity index (χ1v) is 14.4. The summed E-state index contributed by atoms with van der Waals surface area (Å²) in [5.41, 5.74) is 2.05. The molecule has 0 aromatic heterocycles. The Bertz CT molecular complexity index is 1080. The van der Waals surface area contributed by atoms with Crippen molar-refractivity contribution in [2.24, 2.45) is 11.3 Å². The fourth-order valence-corrected chi connectivity index (χ4v) is 6.30. The highest BCUT2D eigenvalue weighted by Gasteiger charge is 2.47. The lowest BCUT2D eigenvalue weighted by molar-refractivity contribution is -0.139. The Morgan fingerprint density at radius 1 is 1.08 bits per heavy atom. The Labute approximate surface area is 227 Å². The van der Waals surface area contributed by atoms with E-state index in [9.17, 15) is 9.59 Å². The number of halogens is 2. The number of likely N-dealkylation sites (tertiary alicyclic amines) is 2. The summed E-state index contributed by atoms with van der Waals surface area (Å²) >= 11 is 9.75. The molecule has 192 valence electrons. The van der Waals surface area contributed by atoms with E-state index in [1.54, 1.807) is 0 Å². The van der Waals surface area contributed by atoms with Crippen molar-refractivity contribution in [3.05, 3.63) is 69.2 Å². The Balaban J connectivity index is 1.15. The second kappa shape index (κ2) is 11.2. The average molecular weight is 573 g/mol. The number of nitrogens with zero attached hydrogens (tertiary/aromatic N) is 2. The highest BCUT2D eigenvalue weighted by atomic mass is 79.9. The summed E-state index contributed by atoms with van der Waals surface area (Å²) in [5, 5.41) is 4.00. The van der Waals surface area contributed by atoms with Crippen molar-refractivity contribution in [3.8, 4) is 0 Å². The molecule has 1 aliphatic carbocycles. The third-order valence-corrected chi connectivity index (χ3v) is 9.24. The molecule has 2 heterocycles. The highest BCUT2D eigenvalue weighted by Crippen LogP contribution is 2.42. The topological polar surface area (TPSA) is 52.7 Å². The van der Waals surface area contributed by atoms with Crippen LogP contribution in [-0.2, 0) is 16.1 Å². The number of benzene rings is 2. The predicted molar refractivity (Wildman–Crippen MR) is 147 cm³/mol. The number of piperidine rings is 1. The molecule has 0 bridgehead atoms. The molecule has 5 rings (SSSR count). The first-order chi connectivity index (χ1) is 17.4. The SMILES string of the molecule is O=C(NC(CCN1CCC2(CC1)CCN(Cc1ccc(Br)cc1)C2=O)c1cccc(Cl)c1)C1CCC1. The maximum atomic E-state index is 13.4. The van der Waals surface area contributed by atoms with Crippen molar-refractivity contribution in [2.75, 3.05) is 26.2 Å². The summed E-state index contributed by atoms with van der Waals surface area (Å²) in [5.74, 6) is 0.663. The van der Waals surface area contributed by atoms with E-state index >= 15 is 0 Å². The maximum Gasteiger partial charge on any atom is 0.229 e. The standard InChI is InChI=1S/C29H35BrClN3O2/c30-24-9-7-21(8-10-24)20-34-18-14-29(28(34)36)12-16-33(17-13-29)15-11-26(23-5-2-6-25(31)19-23)32-27(35)22-3-1-4-22/h2,5-10,19,22,26H,1,3-4,11-18,20H2,(H,32,35). The number of hydrogen-bond acceptors (Lipinski definition) is 3. The van der Waals surface area contributed by atoms with Gasteiger partial charge in [-0.25, -0.2) is 0 Å². The summed E-state index contributed by atoms with van der Waals surface area (Å²) in [6.07, 6.45) is 6.77. The number of hydrogen-bond donors (Lipinski definition) is 1. The van der Waals surface area contributed by atoms with Crippen LogP contribution in [0.25, 0.3) is 0 Å². The van der Waals surface area contributed by atoms with Crippen molar-refractivity contribution < 1.29 is 9.59 Å². The molecule has 0 radical (unpaired) electrons. The van der Waals surface area contributed by atoms with Crippen molar-refractivity contribution in [1.82, 2.24) is 15.1 Å². The molecule has 5 nitrogen and oxygen atoms in total. The predicted octanol–water partition coefficient (Wildman–Crippen LogP) is 5.96. The van der Waals surface area contributed by atoms with Gasteiger partial charge in [0.1, 0.15) is 0 Å². The van der Waals surface area contributed by atoms with Crippen LogP contribution < -0.4 is 5.32 Å². The summed E-state index contributed by atoms with van der Waals surface area (Å²) in [4.78, 5) is 30.6. The van der Waals surface area contributed by atoms with Crippen LogP contribution in [0.1, 0.15) is 62.1 Å². The zero-order chi connectivity index (χ0) is 25.1. The van der Waals surface area contributed by atoms with E-state index in [4.69, 9.17) is 11.6 Å². The molecule has 1 spiro atoms. The lowest BCUT2D eigenvalue weighted by atomic mass is 9.77. The monoisotopic (exact) mass is 571 g/mol. The van der Waals surface area contributed by atoms with Gasteiger partial charge in [0.15, 0.2) is 0 Å². The number of amides is 2. The molecule has 2 aromatic rings. The van der Waals surface area contributed by atoms with Crippen molar-refractivity contribution >= 4 is 39.3 Å². The highest BCUT2D eigenvalue weighted by molar-refractivity contribution is 9.10. The molecular formula is C29H35BrClN3O2. The molecule has 2 saturated heterocycles. The second-order valence-electron chi connectivity index (χ2n) is 10.8. The lowest BCUT2D eigenvalue weighted by Crippen LogP contribution is -2.45. The fourth-order valence-electron chi connectivity index (χ4n) is 5.84. The van der Waals surface area contributed by atoms with Gasteiger partial charge in [0, 0.05) is 35.0 Å². The number of nitrogens with one attached hydrogen (secondary N) is 1. The molecule has 2 aromatic carbocycles. The van der Waals surface area contributed by atoms with Gasteiger partial charge in [-0.3, -0.25) is 9.59 Å². The minimum Gasteiger partial charge on any atom is -0.349 e. The van der Waals surface area contributed by atoms with E-state index in [1.807, 2.05) is 35.2 Å². The molecule has 2 aliphatic heterocycles. The molecule has 1 N–H and O–H groups in total. The molecular weight excluding hydrogens is 538 g/mol. The van der Waals surface area contributed by atoms with Gasteiger partial charge >= 0.3 is 0 Å². The van der Waals surface area contributed by atoms with E-state index in [1.165, 1.54) is 5.56 Å². The molecule has 1 unspecified atom stereocenters. The van der Waals surface area contributed by atoms with E-state index in [0.717, 1.165) is 81.2 Å². The smallest absolute Gasteiger partial charge is 0.229 e. The van der Waals surface area contributed by atoms with E-state index in [0.29, 0.717) is 17.5 Å². The first kappa shape index (κ1) is 25.7. The van der Waals surface area contributed by atoms with Crippen LogP contribution in [0.3, 0.4) is 0 Å². The zero-order valence-corrected chi connectivity index (χ0v) is 23.1. The largest absolute Gasteiger partial charge is 0.349 e. The fraction of sp³-hybridized carbons (Fsp3) is 0.517. The molecule has 2 amide bonds. The molecule has 1 atom stereocenters. The van der Waals surface area contributed by atoms with Gasteiger partial charge in [-0.1, -0.05) is 58.2 Å². The maximum absolute atomic E-state index is 13.4. The van der Waals surface area contributed by atoms with Crippen LogP contribution in [0.2, 0.25) is 5.02 Å². The number of carbonyl (C=O) groups is 2. The molecule has 7 heteroatoms. The summed E-state index contributed by atoms with van der Waals surface area (Å²) < 4.78 is 1.06. The van der Waals surface area contributed by atoms with Crippen molar-refractivity contribution in [2.45, 2.75) is 57.5 Å². The average Bonchev–Trinajstić information content (AvgIpc) is 3.13. The number of rotatable bonds is 8. The third kappa shape index (κ3) is 5.81. The van der Waals surface area contributed by atoms with E-state index in [-0.39, 0.29) is 23.3 Å². The van der Waals surface area contributed by atoms with E-state index < -0.39 is 0 Å². The van der Waals surface area contributed by atoms with Crippen molar-refractivity contribution in [1.29, 1.82) is 0 Å². The quantitative estimate of drug-likeness (QED) is 0.424. The summed E-state index contributed by atoms with van der Waals surface area (Å²) in [6.45, 7) is 4.29. The van der Waals surface area contributed by atoms with Gasteiger partial charge in [-0.2, -0.15) is 0 Å². The van der Waals surface area contributed by atoms with Gasteiger partial charge < -0.3 is 15.1 Å². The molecule has 1 saturated carbocycles. The third-order valence-electron chi connectivity index (χ3n) is 8.48. The van der Waals surface area contributed by atoms with Gasteiger partial charge in [-0.05, 0) is 87.0 Å². The van der Waals surface area contributed by atoms with Gasteiger partial charge in [-0.15, -0.1) is 0 Å². The van der Waals surface area contributed by atoms with Gasteiger partial charge in [0.25, 0.3) is 0 Å². The summed E-state index contributed by atoms with van der Waals surface area (Å²) in [7, 11) is 0. The van der Waals surface area contributed by atoms with Crippen LogP contribution in [0.15, 0.2) is 53.0 Å². The zero-order valence-electron chi connectivity index (χ0n) is 20.7. The first-order valence-electron chi connectivity index (χ1n) is 13.2. The molecule has 3 fully saturated rings. The van der Waals surface area contributed by atoms with E-state index in [2.05, 4.69) is 44.3 Å². The van der Waals surface area contributed by atoms with Crippen LogP contribution in [0, 0.1) is 11.3 Å². The summed E-state index contributed by atoms with van der Waals surface area (Å²) in [6, 6.07) is 16.1. The van der Waals surface area contributed by atoms with Gasteiger partial charge in [0.05, 0.1) is 11.5 Å².